The van der Waals surface area contributed by atoms with Crippen LogP contribution in [-0.2, 0) is 4.79 Å². The monoisotopic (exact) mass is 265 g/mol. The third-order valence-electron chi connectivity index (χ3n) is 3.37. The van der Waals surface area contributed by atoms with E-state index in [-0.39, 0.29) is 23.0 Å². The third-order valence-corrected chi connectivity index (χ3v) is 3.37. The number of nitrogens with zero attached hydrogens (tertiary/aromatic N) is 1. The van der Waals surface area contributed by atoms with Gasteiger partial charge >= 0.3 is 0 Å². The summed E-state index contributed by atoms with van der Waals surface area (Å²) in [5.41, 5.74) is -0.0634. The number of piperidine rings is 1. The van der Waals surface area contributed by atoms with E-state index in [4.69, 9.17) is 4.74 Å². The van der Waals surface area contributed by atoms with Crippen LogP contribution in [0.2, 0.25) is 0 Å². The molecule has 1 fully saturated rings. The molecule has 1 atom stereocenters. The average molecular weight is 265 g/mol. The summed E-state index contributed by atoms with van der Waals surface area (Å²) in [6.45, 7) is 2.44. The molecule has 102 valence electrons. The van der Waals surface area contributed by atoms with Crippen molar-refractivity contribution in [2.75, 3.05) is 20.2 Å². The Morgan fingerprint density at radius 3 is 2.84 bits per heavy atom. The first-order chi connectivity index (χ1) is 9.04. The van der Waals surface area contributed by atoms with Gasteiger partial charge in [0.05, 0.1) is 7.11 Å². The molecule has 1 heterocycles. The fourth-order valence-corrected chi connectivity index (χ4v) is 2.24. The molecule has 1 aliphatic heterocycles. The van der Waals surface area contributed by atoms with E-state index in [0.717, 1.165) is 0 Å². The van der Waals surface area contributed by atoms with Crippen molar-refractivity contribution < 1.29 is 18.7 Å². The van der Waals surface area contributed by atoms with E-state index >= 15 is 0 Å². The van der Waals surface area contributed by atoms with Gasteiger partial charge in [-0.2, -0.15) is 0 Å². The first kappa shape index (κ1) is 13.5. The first-order valence-electron chi connectivity index (χ1n) is 6.19. The van der Waals surface area contributed by atoms with Crippen LogP contribution < -0.4 is 4.74 Å². The maximum absolute atomic E-state index is 13.8. The summed E-state index contributed by atoms with van der Waals surface area (Å²) in [5.74, 6) is -0.863. The fraction of sp³-hybridized carbons (Fsp3) is 0.429. The molecule has 1 saturated heterocycles. The van der Waals surface area contributed by atoms with E-state index in [2.05, 4.69) is 0 Å². The molecule has 1 amide bonds. The predicted octanol–water partition coefficient (Wildman–Crippen LogP) is 1.89. The summed E-state index contributed by atoms with van der Waals surface area (Å²) in [7, 11) is 1.40. The zero-order chi connectivity index (χ0) is 14.0. The molecule has 0 bridgehead atoms. The van der Waals surface area contributed by atoms with Gasteiger partial charge in [-0.05, 0) is 12.1 Å². The first-order valence-corrected chi connectivity index (χ1v) is 6.19. The van der Waals surface area contributed by atoms with Gasteiger partial charge in [-0.3, -0.25) is 9.59 Å². The van der Waals surface area contributed by atoms with E-state index in [0.29, 0.717) is 19.5 Å². The number of hydrogen-bond donors (Lipinski definition) is 0. The van der Waals surface area contributed by atoms with E-state index < -0.39 is 11.7 Å². The molecular formula is C14H16FNO3. The molecule has 1 unspecified atom stereocenters. The predicted molar refractivity (Wildman–Crippen MR) is 67.6 cm³/mol. The van der Waals surface area contributed by atoms with Gasteiger partial charge in [0.2, 0.25) is 0 Å². The maximum Gasteiger partial charge on any atom is 0.260 e. The van der Waals surface area contributed by atoms with Gasteiger partial charge in [0.25, 0.3) is 5.91 Å². The molecule has 0 spiro atoms. The van der Waals surface area contributed by atoms with Crippen LogP contribution in [0.25, 0.3) is 0 Å². The second-order valence-corrected chi connectivity index (χ2v) is 4.69. The summed E-state index contributed by atoms with van der Waals surface area (Å²) < 4.78 is 18.9. The van der Waals surface area contributed by atoms with E-state index in [1.165, 1.54) is 24.1 Å². The third kappa shape index (κ3) is 2.59. The minimum Gasteiger partial charge on any atom is -0.496 e. The molecule has 4 nitrogen and oxygen atoms in total. The number of likely N-dealkylation sites (tertiary alicyclic amines) is 1. The van der Waals surface area contributed by atoms with Crippen LogP contribution in [0.5, 0.6) is 5.75 Å². The molecule has 0 aromatic heterocycles. The molecule has 5 heteroatoms. The number of amides is 1. The Morgan fingerprint density at radius 2 is 2.21 bits per heavy atom. The van der Waals surface area contributed by atoms with Crippen molar-refractivity contribution in [3.63, 3.8) is 0 Å². The smallest absolute Gasteiger partial charge is 0.260 e. The van der Waals surface area contributed by atoms with E-state index in [1.54, 1.807) is 13.0 Å². The summed E-state index contributed by atoms with van der Waals surface area (Å²) in [6.07, 6.45) is 0.323. The van der Waals surface area contributed by atoms with Gasteiger partial charge in [0.15, 0.2) is 0 Å². The molecule has 1 aromatic rings. The Kier molecular flexibility index (Phi) is 3.83. The van der Waals surface area contributed by atoms with Crippen molar-refractivity contribution in [1.82, 2.24) is 4.90 Å². The van der Waals surface area contributed by atoms with Crippen molar-refractivity contribution in [2.45, 2.75) is 13.3 Å². The second-order valence-electron chi connectivity index (χ2n) is 4.69. The lowest BCUT2D eigenvalue weighted by Crippen LogP contribution is -2.43. The standard InChI is InChI=1S/C14H16FNO3/c1-9-8-16(7-6-11(9)17)14(18)13-10(15)4-3-5-12(13)19-2/h3-5,9H,6-8H2,1-2H3. The molecule has 0 N–H and O–H groups in total. The highest BCUT2D eigenvalue weighted by Gasteiger charge is 2.30. The zero-order valence-electron chi connectivity index (χ0n) is 11.0. The number of ether oxygens (including phenoxy) is 1. The lowest BCUT2D eigenvalue weighted by Gasteiger charge is -2.30. The van der Waals surface area contributed by atoms with Crippen LogP contribution in [0.15, 0.2) is 18.2 Å². The largest absolute Gasteiger partial charge is 0.496 e. The second kappa shape index (κ2) is 5.38. The number of carbonyl (C=O) groups is 2. The number of rotatable bonds is 2. The molecule has 0 saturated carbocycles. The number of methoxy groups -OCH3 is 1. The van der Waals surface area contributed by atoms with Crippen molar-refractivity contribution in [2.24, 2.45) is 5.92 Å². The highest BCUT2D eigenvalue weighted by molar-refractivity contribution is 5.98. The van der Waals surface area contributed by atoms with E-state index in [9.17, 15) is 14.0 Å². The Hall–Kier alpha value is -1.91. The number of halogens is 1. The number of ketones is 1. The van der Waals surface area contributed by atoms with Gasteiger partial charge in [-0.15, -0.1) is 0 Å². The summed E-state index contributed by atoms with van der Waals surface area (Å²) in [4.78, 5) is 25.3. The van der Waals surface area contributed by atoms with Crippen LogP contribution in [-0.4, -0.2) is 36.8 Å². The average Bonchev–Trinajstić information content (AvgIpc) is 2.40. The molecular weight excluding hydrogens is 249 g/mol. The number of benzene rings is 1. The minimum atomic E-state index is -0.603. The van der Waals surface area contributed by atoms with Crippen LogP contribution in [0.1, 0.15) is 23.7 Å². The molecule has 0 radical (unpaired) electrons. The van der Waals surface area contributed by atoms with Crippen molar-refractivity contribution >= 4 is 11.7 Å². The van der Waals surface area contributed by atoms with Crippen LogP contribution in [0.3, 0.4) is 0 Å². The maximum atomic E-state index is 13.8. The van der Waals surface area contributed by atoms with Gasteiger partial charge in [0.1, 0.15) is 22.9 Å². The molecule has 1 aliphatic rings. The quantitative estimate of drug-likeness (QED) is 0.820. The molecule has 19 heavy (non-hydrogen) atoms. The zero-order valence-corrected chi connectivity index (χ0v) is 11.0. The minimum absolute atomic E-state index is 0.0634. The van der Waals surface area contributed by atoms with Crippen molar-refractivity contribution in [3.05, 3.63) is 29.6 Å². The summed E-state index contributed by atoms with van der Waals surface area (Å²) in [5, 5.41) is 0. The van der Waals surface area contributed by atoms with E-state index in [1.807, 2.05) is 0 Å². The Labute approximate surface area is 111 Å². The van der Waals surface area contributed by atoms with Crippen molar-refractivity contribution in [3.8, 4) is 5.75 Å². The van der Waals surface area contributed by atoms with Crippen molar-refractivity contribution in [1.29, 1.82) is 0 Å². The number of Topliss-reactive ketones (excluding diaryl/α,β-unsaturated/α-hetero) is 1. The number of hydrogen-bond acceptors (Lipinski definition) is 3. The Morgan fingerprint density at radius 1 is 1.47 bits per heavy atom. The lowest BCUT2D eigenvalue weighted by molar-refractivity contribution is -0.124. The fourth-order valence-electron chi connectivity index (χ4n) is 2.24. The molecule has 2 rings (SSSR count). The van der Waals surface area contributed by atoms with Crippen LogP contribution in [0.4, 0.5) is 4.39 Å². The van der Waals surface area contributed by atoms with Gasteiger partial charge < -0.3 is 9.64 Å². The Bertz CT molecular complexity index is 515. The lowest BCUT2D eigenvalue weighted by atomic mass is 9.98. The number of carbonyl (C=O) groups excluding carboxylic acids is 2. The van der Waals surface area contributed by atoms with Gasteiger partial charge in [0, 0.05) is 25.4 Å². The van der Waals surface area contributed by atoms with Gasteiger partial charge in [-0.25, -0.2) is 4.39 Å². The molecule has 0 aliphatic carbocycles. The Balaban J connectivity index is 2.27. The normalized spacial score (nSPS) is 19.4. The van der Waals surface area contributed by atoms with Crippen LogP contribution in [0, 0.1) is 11.7 Å². The highest BCUT2D eigenvalue weighted by atomic mass is 19.1. The molecule has 1 aromatic carbocycles. The van der Waals surface area contributed by atoms with Gasteiger partial charge in [-0.1, -0.05) is 13.0 Å². The summed E-state index contributed by atoms with van der Waals surface area (Å²) >= 11 is 0. The SMILES string of the molecule is COc1cccc(F)c1C(=O)N1CCC(=O)C(C)C1. The summed E-state index contributed by atoms with van der Waals surface area (Å²) in [6, 6.07) is 4.27. The topological polar surface area (TPSA) is 46.6 Å². The highest BCUT2D eigenvalue weighted by Crippen LogP contribution is 2.24. The van der Waals surface area contributed by atoms with Crippen LogP contribution >= 0.6 is 0 Å².